The van der Waals surface area contributed by atoms with Gasteiger partial charge in [-0.2, -0.15) is 5.10 Å². The number of H-pyrrole nitrogens is 1. The van der Waals surface area contributed by atoms with Crippen LogP contribution in [0.1, 0.15) is 54.9 Å². The van der Waals surface area contributed by atoms with Gasteiger partial charge in [-0.25, -0.2) is 4.98 Å². The Labute approximate surface area is 106 Å². The van der Waals surface area contributed by atoms with Crippen molar-refractivity contribution < 1.29 is 5.11 Å². The molecule has 1 heterocycles. The minimum atomic E-state index is -0.738. The lowest BCUT2D eigenvalue weighted by molar-refractivity contribution is 0.210. The molecule has 1 aromatic carbocycles. The van der Waals surface area contributed by atoms with Gasteiger partial charge in [-0.15, -0.1) is 0 Å². The lowest BCUT2D eigenvalue weighted by Gasteiger charge is -2.06. The van der Waals surface area contributed by atoms with E-state index in [1.54, 1.807) is 0 Å². The Morgan fingerprint density at radius 3 is 2.61 bits per heavy atom. The number of aliphatic hydroxyl groups is 1. The first kappa shape index (κ1) is 11.4. The molecule has 0 bridgehead atoms. The molecule has 18 heavy (non-hydrogen) atoms. The molecule has 2 N–H and O–H groups in total. The Morgan fingerprint density at radius 2 is 1.89 bits per heavy atom. The van der Waals surface area contributed by atoms with Gasteiger partial charge in [0.1, 0.15) is 11.9 Å². The lowest BCUT2D eigenvalue weighted by atomic mass is 10.1. The number of aromatic nitrogens is 3. The maximum absolute atomic E-state index is 10.2. The lowest BCUT2D eigenvalue weighted by Crippen LogP contribution is -2.02. The highest BCUT2D eigenvalue weighted by atomic mass is 16.3. The average molecular weight is 243 g/mol. The zero-order chi connectivity index (χ0) is 12.4. The Hall–Kier alpha value is -1.68. The van der Waals surface area contributed by atoms with Gasteiger partial charge < -0.3 is 5.11 Å². The SMILES string of the molecule is OC(c1ccccc1)c1n[nH]c(C2CCCC2)n1. The fourth-order valence-corrected chi connectivity index (χ4v) is 2.58. The van der Waals surface area contributed by atoms with Crippen molar-refractivity contribution in [1.82, 2.24) is 15.2 Å². The molecule has 4 nitrogen and oxygen atoms in total. The predicted molar refractivity (Wildman–Crippen MR) is 68.1 cm³/mol. The van der Waals surface area contributed by atoms with E-state index in [1.807, 2.05) is 30.3 Å². The van der Waals surface area contributed by atoms with Crippen LogP contribution in [0, 0.1) is 0 Å². The van der Waals surface area contributed by atoms with E-state index in [0.717, 1.165) is 11.4 Å². The third-order valence-corrected chi connectivity index (χ3v) is 3.62. The van der Waals surface area contributed by atoms with Crippen LogP contribution in [0.25, 0.3) is 0 Å². The van der Waals surface area contributed by atoms with Gasteiger partial charge in [0.05, 0.1) is 0 Å². The summed E-state index contributed by atoms with van der Waals surface area (Å²) in [5, 5.41) is 17.3. The topological polar surface area (TPSA) is 61.8 Å². The zero-order valence-corrected chi connectivity index (χ0v) is 10.2. The van der Waals surface area contributed by atoms with Gasteiger partial charge in [0.25, 0.3) is 0 Å². The number of aliphatic hydroxyl groups excluding tert-OH is 1. The molecule has 1 atom stereocenters. The van der Waals surface area contributed by atoms with Crippen LogP contribution in [0.3, 0.4) is 0 Å². The molecule has 0 radical (unpaired) electrons. The smallest absolute Gasteiger partial charge is 0.183 e. The molecule has 1 aliphatic carbocycles. The van der Waals surface area contributed by atoms with Crippen molar-refractivity contribution >= 4 is 0 Å². The van der Waals surface area contributed by atoms with Crippen molar-refractivity contribution in [3.63, 3.8) is 0 Å². The van der Waals surface area contributed by atoms with Crippen molar-refractivity contribution in [1.29, 1.82) is 0 Å². The van der Waals surface area contributed by atoms with Crippen molar-refractivity contribution in [2.45, 2.75) is 37.7 Å². The van der Waals surface area contributed by atoms with Gasteiger partial charge in [-0.3, -0.25) is 5.10 Å². The highest BCUT2D eigenvalue weighted by Crippen LogP contribution is 2.32. The quantitative estimate of drug-likeness (QED) is 0.870. The van der Waals surface area contributed by atoms with Crippen LogP contribution in [0.4, 0.5) is 0 Å². The first-order valence-corrected chi connectivity index (χ1v) is 6.50. The minimum absolute atomic E-state index is 0.475. The molecule has 0 saturated heterocycles. The third-order valence-electron chi connectivity index (χ3n) is 3.62. The number of rotatable bonds is 3. The zero-order valence-electron chi connectivity index (χ0n) is 10.2. The normalized spacial score (nSPS) is 18.1. The van der Waals surface area contributed by atoms with E-state index in [2.05, 4.69) is 15.2 Å². The second kappa shape index (κ2) is 4.90. The number of hydrogen-bond acceptors (Lipinski definition) is 3. The van der Waals surface area contributed by atoms with Crippen LogP contribution >= 0.6 is 0 Å². The predicted octanol–water partition coefficient (Wildman–Crippen LogP) is 2.54. The van der Waals surface area contributed by atoms with Gasteiger partial charge >= 0.3 is 0 Å². The highest BCUT2D eigenvalue weighted by molar-refractivity contribution is 5.22. The van der Waals surface area contributed by atoms with Crippen molar-refractivity contribution in [2.75, 3.05) is 0 Å². The second-order valence-corrected chi connectivity index (χ2v) is 4.87. The number of nitrogens with one attached hydrogen (secondary N) is 1. The van der Waals surface area contributed by atoms with Crippen LogP contribution in [0.5, 0.6) is 0 Å². The third kappa shape index (κ3) is 2.16. The minimum Gasteiger partial charge on any atom is -0.380 e. The summed E-state index contributed by atoms with van der Waals surface area (Å²) in [6.45, 7) is 0. The van der Waals surface area contributed by atoms with Crippen molar-refractivity contribution in [3.05, 3.63) is 47.5 Å². The van der Waals surface area contributed by atoms with Crippen molar-refractivity contribution in [2.24, 2.45) is 0 Å². The van der Waals surface area contributed by atoms with E-state index in [4.69, 9.17) is 0 Å². The van der Waals surface area contributed by atoms with Gasteiger partial charge in [-0.05, 0) is 18.4 Å². The molecule has 1 aliphatic rings. The summed E-state index contributed by atoms with van der Waals surface area (Å²) in [5.74, 6) is 1.90. The molecule has 0 spiro atoms. The van der Waals surface area contributed by atoms with E-state index >= 15 is 0 Å². The molecule has 1 saturated carbocycles. The van der Waals surface area contributed by atoms with Crippen LogP contribution in [-0.2, 0) is 0 Å². The van der Waals surface area contributed by atoms with E-state index in [-0.39, 0.29) is 0 Å². The first-order chi connectivity index (χ1) is 8.84. The van der Waals surface area contributed by atoms with E-state index in [0.29, 0.717) is 11.7 Å². The van der Waals surface area contributed by atoms with Gasteiger partial charge in [0.2, 0.25) is 0 Å². The summed E-state index contributed by atoms with van der Waals surface area (Å²) in [6, 6.07) is 9.51. The molecule has 94 valence electrons. The molecule has 1 fully saturated rings. The second-order valence-electron chi connectivity index (χ2n) is 4.87. The fraction of sp³-hybridized carbons (Fsp3) is 0.429. The number of hydrogen-bond donors (Lipinski definition) is 2. The molecule has 0 aliphatic heterocycles. The van der Waals surface area contributed by atoms with Crippen LogP contribution in [0.2, 0.25) is 0 Å². The summed E-state index contributed by atoms with van der Waals surface area (Å²) in [7, 11) is 0. The van der Waals surface area contributed by atoms with E-state index in [1.165, 1.54) is 25.7 Å². The fourth-order valence-electron chi connectivity index (χ4n) is 2.58. The summed E-state index contributed by atoms with van der Waals surface area (Å²) < 4.78 is 0. The molecule has 3 rings (SSSR count). The summed E-state index contributed by atoms with van der Waals surface area (Å²) in [6.07, 6.45) is 4.15. The Balaban J connectivity index is 1.80. The van der Waals surface area contributed by atoms with E-state index < -0.39 is 6.10 Å². The average Bonchev–Trinajstić information content (AvgIpc) is 3.09. The highest BCUT2D eigenvalue weighted by Gasteiger charge is 2.22. The summed E-state index contributed by atoms with van der Waals surface area (Å²) in [4.78, 5) is 4.45. The van der Waals surface area contributed by atoms with Crippen LogP contribution in [-0.4, -0.2) is 20.3 Å². The first-order valence-electron chi connectivity index (χ1n) is 6.50. The molecule has 1 unspecified atom stereocenters. The molecule has 1 aromatic heterocycles. The molecule has 0 amide bonds. The standard InChI is InChI=1S/C14H17N3O/c18-12(10-6-2-1-3-7-10)14-15-13(16-17-14)11-8-4-5-9-11/h1-3,6-7,11-12,18H,4-5,8-9H2,(H,15,16,17). The number of nitrogens with zero attached hydrogens (tertiary/aromatic N) is 2. The Kier molecular flexibility index (Phi) is 3.11. The molecule has 2 aromatic rings. The largest absolute Gasteiger partial charge is 0.380 e. The molecular weight excluding hydrogens is 226 g/mol. The Morgan fingerprint density at radius 1 is 1.17 bits per heavy atom. The summed E-state index contributed by atoms with van der Waals surface area (Å²) >= 11 is 0. The number of benzene rings is 1. The van der Waals surface area contributed by atoms with Crippen LogP contribution < -0.4 is 0 Å². The van der Waals surface area contributed by atoms with Crippen LogP contribution in [0.15, 0.2) is 30.3 Å². The molecular formula is C14H17N3O. The number of aromatic amines is 1. The van der Waals surface area contributed by atoms with Crippen molar-refractivity contribution in [3.8, 4) is 0 Å². The maximum atomic E-state index is 10.2. The van der Waals surface area contributed by atoms with Gasteiger partial charge in [-0.1, -0.05) is 43.2 Å². The van der Waals surface area contributed by atoms with E-state index in [9.17, 15) is 5.11 Å². The maximum Gasteiger partial charge on any atom is 0.183 e. The summed E-state index contributed by atoms with van der Waals surface area (Å²) in [5.41, 5.74) is 0.828. The Bertz CT molecular complexity index is 503. The monoisotopic (exact) mass is 243 g/mol. The molecule has 4 heteroatoms. The van der Waals surface area contributed by atoms with Gasteiger partial charge in [0.15, 0.2) is 5.82 Å². The van der Waals surface area contributed by atoms with Gasteiger partial charge in [0, 0.05) is 5.92 Å².